The van der Waals surface area contributed by atoms with Gasteiger partial charge >= 0.3 is 0 Å². The van der Waals surface area contributed by atoms with Crippen LogP contribution in [0.3, 0.4) is 0 Å². The van der Waals surface area contributed by atoms with Crippen molar-refractivity contribution >= 4 is 17.5 Å². The standard InChI is InChI=1S/C23H28N8O2/c1-14-15(5-8-19(24)28-14)10-27-22(32)18-7-6-17-12-26-21(23(33)31(17)18)25-11-16-13-30-9-3-2-4-20(30)29-16/h5,8,12-13,18H,2-4,6-7,9-11H2,1H3,(H2,24,28)(H,25,26)(H,27,32)/t18-/m0/s1. The Labute approximate surface area is 191 Å². The number of pyridine rings is 1. The fraction of sp³-hybridized carbons (Fsp3) is 0.435. The highest BCUT2D eigenvalue weighted by Crippen LogP contribution is 2.24. The number of hydrogen-bond acceptors (Lipinski definition) is 7. The molecule has 10 heteroatoms. The minimum Gasteiger partial charge on any atom is -0.384 e. The number of nitrogens with one attached hydrogen (secondary N) is 2. The van der Waals surface area contributed by atoms with E-state index in [1.165, 1.54) is 6.42 Å². The van der Waals surface area contributed by atoms with Gasteiger partial charge < -0.3 is 20.9 Å². The van der Waals surface area contributed by atoms with Crippen LogP contribution in [0.25, 0.3) is 0 Å². The number of amides is 1. The fourth-order valence-electron chi connectivity index (χ4n) is 4.64. The molecule has 5 heterocycles. The summed E-state index contributed by atoms with van der Waals surface area (Å²) in [7, 11) is 0. The van der Waals surface area contributed by atoms with Gasteiger partial charge in [0, 0.05) is 43.3 Å². The lowest BCUT2D eigenvalue weighted by molar-refractivity contribution is -0.124. The molecule has 33 heavy (non-hydrogen) atoms. The summed E-state index contributed by atoms with van der Waals surface area (Å²) in [5, 5.41) is 6.07. The minimum atomic E-state index is -0.557. The normalized spacial score (nSPS) is 16.8. The van der Waals surface area contributed by atoms with Gasteiger partial charge in [-0.05, 0) is 44.2 Å². The number of nitrogens with zero attached hydrogens (tertiary/aromatic N) is 5. The summed E-state index contributed by atoms with van der Waals surface area (Å²) in [6.45, 7) is 3.60. The van der Waals surface area contributed by atoms with Crippen LogP contribution < -0.4 is 21.9 Å². The number of hydrogen-bond donors (Lipinski definition) is 3. The molecule has 0 spiro atoms. The first-order valence-corrected chi connectivity index (χ1v) is 11.4. The summed E-state index contributed by atoms with van der Waals surface area (Å²) in [6, 6.07) is 3.01. The van der Waals surface area contributed by atoms with E-state index < -0.39 is 6.04 Å². The van der Waals surface area contributed by atoms with Gasteiger partial charge in [-0.15, -0.1) is 0 Å². The molecule has 0 bridgehead atoms. The molecule has 1 amide bonds. The third-order valence-corrected chi connectivity index (χ3v) is 6.43. The third-order valence-electron chi connectivity index (χ3n) is 6.43. The van der Waals surface area contributed by atoms with E-state index in [1.807, 2.05) is 19.2 Å². The summed E-state index contributed by atoms with van der Waals surface area (Å²) in [6.07, 6.45) is 8.25. The molecule has 10 nitrogen and oxygen atoms in total. The zero-order valence-electron chi connectivity index (χ0n) is 18.7. The molecule has 2 aliphatic heterocycles. The molecule has 0 saturated heterocycles. The Morgan fingerprint density at radius 2 is 2.09 bits per heavy atom. The zero-order chi connectivity index (χ0) is 22.9. The van der Waals surface area contributed by atoms with Crippen molar-refractivity contribution in [1.29, 1.82) is 0 Å². The lowest BCUT2D eigenvalue weighted by Crippen LogP contribution is -2.36. The summed E-state index contributed by atoms with van der Waals surface area (Å²) in [5.74, 6) is 1.59. The maximum absolute atomic E-state index is 13.2. The van der Waals surface area contributed by atoms with E-state index in [2.05, 4.69) is 30.2 Å². The fourth-order valence-corrected chi connectivity index (χ4v) is 4.64. The first-order chi connectivity index (χ1) is 16.0. The molecule has 0 unspecified atom stereocenters. The Kier molecular flexibility index (Phi) is 5.57. The van der Waals surface area contributed by atoms with Crippen LogP contribution in [0, 0.1) is 6.92 Å². The second kappa shape index (κ2) is 8.68. The molecule has 0 radical (unpaired) electrons. The zero-order valence-corrected chi connectivity index (χ0v) is 18.7. The topological polar surface area (TPSA) is 133 Å². The van der Waals surface area contributed by atoms with E-state index in [0.29, 0.717) is 31.7 Å². The van der Waals surface area contributed by atoms with E-state index in [1.54, 1.807) is 16.8 Å². The predicted molar refractivity (Wildman–Crippen MR) is 124 cm³/mol. The van der Waals surface area contributed by atoms with Crippen molar-refractivity contribution in [2.45, 2.75) is 64.7 Å². The number of nitrogens with two attached hydrogens (primary N) is 1. The van der Waals surface area contributed by atoms with Gasteiger partial charge in [0.2, 0.25) is 5.91 Å². The van der Waals surface area contributed by atoms with Gasteiger partial charge in [0.05, 0.1) is 12.2 Å². The third kappa shape index (κ3) is 4.20. The molecule has 0 aromatic carbocycles. The Balaban J connectivity index is 1.28. The van der Waals surface area contributed by atoms with Gasteiger partial charge in [-0.2, -0.15) is 0 Å². The van der Waals surface area contributed by atoms with Crippen LogP contribution in [0.2, 0.25) is 0 Å². The predicted octanol–water partition coefficient (Wildman–Crippen LogP) is 1.48. The van der Waals surface area contributed by atoms with Gasteiger partial charge in [0.25, 0.3) is 5.56 Å². The average Bonchev–Trinajstić information content (AvgIpc) is 3.42. The first-order valence-electron chi connectivity index (χ1n) is 11.4. The van der Waals surface area contributed by atoms with Gasteiger partial charge in [-0.25, -0.2) is 15.0 Å². The molecule has 2 aliphatic rings. The molecule has 0 saturated carbocycles. The molecule has 5 rings (SSSR count). The van der Waals surface area contributed by atoms with E-state index >= 15 is 0 Å². The molecular formula is C23H28N8O2. The molecule has 172 valence electrons. The number of rotatable bonds is 6. The number of nitrogen functional groups attached to an aromatic ring is 1. The Morgan fingerprint density at radius 1 is 1.21 bits per heavy atom. The molecular weight excluding hydrogens is 420 g/mol. The maximum atomic E-state index is 13.2. The SMILES string of the molecule is Cc1nc(N)ccc1CNC(=O)[C@@H]1CCc2cnc(NCc3cn4c(n3)CCCC4)c(=O)n21. The van der Waals surface area contributed by atoms with Crippen molar-refractivity contribution < 1.29 is 4.79 Å². The Bertz CT molecular complexity index is 1240. The van der Waals surface area contributed by atoms with Crippen LogP contribution in [0.4, 0.5) is 11.6 Å². The second-order valence-electron chi connectivity index (χ2n) is 8.68. The van der Waals surface area contributed by atoms with E-state index in [4.69, 9.17) is 5.73 Å². The minimum absolute atomic E-state index is 0.189. The van der Waals surface area contributed by atoms with E-state index in [0.717, 1.165) is 47.9 Å². The van der Waals surface area contributed by atoms with Crippen LogP contribution in [-0.4, -0.2) is 30.0 Å². The lowest BCUT2D eigenvalue weighted by atomic mass is 10.1. The van der Waals surface area contributed by atoms with Crippen molar-refractivity contribution in [3.05, 3.63) is 63.3 Å². The highest BCUT2D eigenvalue weighted by atomic mass is 16.2. The summed E-state index contributed by atoms with van der Waals surface area (Å²) >= 11 is 0. The average molecular weight is 449 g/mol. The summed E-state index contributed by atoms with van der Waals surface area (Å²) < 4.78 is 3.75. The quantitative estimate of drug-likeness (QED) is 0.520. The smallest absolute Gasteiger partial charge is 0.294 e. The van der Waals surface area contributed by atoms with Crippen LogP contribution >= 0.6 is 0 Å². The number of aromatic nitrogens is 5. The monoisotopic (exact) mass is 448 g/mol. The molecule has 3 aromatic rings. The highest BCUT2D eigenvalue weighted by molar-refractivity contribution is 5.81. The molecule has 1 atom stereocenters. The number of imidazole rings is 1. The van der Waals surface area contributed by atoms with Crippen LogP contribution in [-0.2, 0) is 37.3 Å². The Morgan fingerprint density at radius 3 is 2.91 bits per heavy atom. The second-order valence-corrected chi connectivity index (χ2v) is 8.68. The van der Waals surface area contributed by atoms with Crippen molar-refractivity contribution in [3.8, 4) is 0 Å². The number of aryl methyl sites for hydroxylation is 4. The first kappa shape index (κ1) is 21.2. The molecule has 3 aromatic heterocycles. The number of anilines is 2. The van der Waals surface area contributed by atoms with Crippen LogP contribution in [0.15, 0.2) is 29.3 Å². The van der Waals surface area contributed by atoms with Gasteiger partial charge in [-0.1, -0.05) is 6.07 Å². The maximum Gasteiger partial charge on any atom is 0.294 e. The number of carbonyl (C=O) groups excluding carboxylic acids is 1. The summed E-state index contributed by atoms with van der Waals surface area (Å²) in [5.41, 5.74) is 8.75. The molecule has 0 fully saturated rings. The molecule has 4 N–H and O–H groups in total. The largest absolute Gasteiger partial charge is 0.384 e. The highest BCUT2D eigenvalue weighted by Gasteiger charge is 2.30. The number of fused-ring (bicyclic) bond motifs is 2. The van der Waals surface area contributed by atoms with Gasteiger partial charge in [0.15, 0.2) is 5.82 Å². The van der Waals surface area contributed by atoms with Gasteiger partial charge in [0.1, 0.15) is 17.7 Å². The summed E-state index contributed by atoms with van der Waals surface area (Å²) in [4.78, 5) is 39.3. The Hall–Kier alpha value is -3.69. The van der Waals surface area contributed by atoms with Crippen molar-refractivity contribution in [3.63, 3.8) is 0 Å². The lowest BCUT2D eigenvalue weighted by Gasteiger charge is -2.16. The van der Waals surface area contributed by atoms with Crippen molar-refractivity contribution in [2.24, 2.45) is 0 Å². The molecule has 0 aliphatic carbocycles. The van der Waals surface area contributed by atoms with Crippen LogP contribution in [0.1, 0.15) is 53.8 Å². The number of carbonyl (C=O) groups is 1. The van der Waals surface area contributed by atoms with Crippen molar-refractivity contribution in [2.75, 3.05) is 11.1 Å². The van der Waals surface area contributed by atoms with E-state index in [9.17, 15) is 9.59 Å². The van der Waals surface area contributed by atoms with Crippen molar-refractivity contribution in [1.82, 2.24) is 29.4 Å². The van der Waals surface area contributed by atoms with Gasteiger partial charge in [-0.3, -0.25) is 14.2 Å². The van der Waals surface area contributed by atoms with Crippen LogP contribution in [0.5, 0.6) is 0 Å². The van der Waals surface area contributed by atoms with E-state index in [-0.39, 0.29) is 17.3 Å².